The summed E-state index contributed by atoms with van der Waals surface area (Å²) in [5, 5.41) is 2.10. The zero-order chi connectivity index (χ0) is 24.5. The number of thiophene rings is 1. The second-order valence-electron chi connectivity index (χ2n) is 8.50. The zero-order valence-electron chi connectivity index (χ0n) is 20.1. The van der Waals surface area contributed by atoms with Gasteiger partial charge in [-0.1, -0.05) is 60.7 Å². The minimum atomic E-state index is -0.164. The first-order valence-electron chi connectivity index (χ1n) is 12.2. The van der Waals surface area contributed by atoms with Crippen LogP contribution in [0.2, 0.25) is 0 Å². The van der Waals surface area contributed by atoms with E-state index in [9.17, 15) is 9.59 Å². The summed E-state index contributed by atoms with van der Waals surface area (Å²) >= 11 is 1.75. The molecule has 0 radical (unpaired) electrons. The quantitative estimate of drug-likeness (QED) is 0.291. The first-order valence-corrected chi connectivity index (χ1v) is 13.1. The van der Waals surface area contributed by atoms with E-state index in [1.54, 1.807) is 28.4 Å². The van der Waals surface area contributed by atoms with E-state index >= 15 is 0 Å². The molecule has 0 saturated heterocycles. The van der Waals surface area contributed by atoms with Gasteiger partial charge in [-0.05, 0) is 54.0 Å². The largest absolute Gasteiger partial charge is 0.382 e. The molecule has 1 aromatic heterocycles. The third-order valence-electron chi connectivity index (χ3n) is 6.18. The predicted molar refractivity (Wildman–Crippen MR) is 141 cm³/mol. The summed E-state index contributed by atoms with van der Waals surface area (Å²) in [6.45, 7) is 4.31. The van der Waals surface area contributed by atoms with E-state index in [-0.39, 0.29) is 24.4 Å². The molecule has 0 aliphatic carbocycles. The second-order valence-corrected chi connectivity index (χ2v) is 9.50. The number of fused-ring (bicyclic) bond motifs is 1. The van der Waals surface area contributed by atoms with Crippen LogP contribution in [0.3, 0.4) is 0 Å². The fourth-order valence-corrected chi connectivity index (χ4v) is 5.34. The Morgan fingerprint density at radius 1 is 1.09 bits per heavy atom. The van der Waals surface area contributed by atoms with Crippen LogP contribution in [-0.2, 0) is 20.7 Å². The molecular formula is C29H32N2O3S. The molecule has 1 aliphatic heterocycles. The van der Waals surface area contributed by atoms with Crippen LogP contribution in [0, 0.1) is 0 Å². The van der Waals surface area contributed by atoms with Gasteiger partial charge < -0.3 is 14.5 Å². The molecule has 0 N–H and O–H groups in total. The molecule has 0 saturated carbocycles. The number of ether oxygens (including phenoxy) is 1. The second kappa shape index (κ2) is 12.5. The highest BCUT2D eigenvalue weighted by Gasteiger charge is 2.33. The summed E-state index contributed by atoms with van der Waals surface area (Å²) in [5.41, 5.74) is 3.24. The minimum absolute atomic E-state index is 0.0337. The van der Waals surface area contributed by atoms with Gasteiger partial charge >= 0.3 is 0 Å². The molecule has 182 valence electrons. The summed E-state index contributed by atoms with van der Waals surface area (Å²) in [5.74, 6) is -0.197. The molecule has 5 nitrogen and oxygen atoms in total. The van der Waals surface area contributed by atoms with Gasteiger partial charge in [-0.2, -0.15) is 0 Å². The third-order valence-corrected chi connectivity index (χ3v) is 7.17. The van der Waals surface area contributed by atoms with Crippen molar-refractivity contribution in [1.82, 2.24) is 9.80 Å². The van der Waals surface area contributed by atoms with Crippen molar-refractivity contribution in [3.8, 4) is 0 Å². The fraction of sp³-hybridized carbons (Fsp3) is 0.310. The van der Waals surface area contributed by atoms with Crippen LogP contribution in [0.1, 0.15) is 41.0 Å². The van der Waals surface area contributed by atoms with Crippen LogP contribution in [-0.4, -0.2) is 54.5 Å². The van der Waals surface area contributed by atoms with Crippen molar-refractivity contribution in [3.05, 3.63) is 99.8 Å². The maximum Gasteiger partial charge on any atom is 0.247 e. The lowest BCUT2D eigenvalue weighted by atomic mass is 9.93. The van der Waals surface area contributed by atoms with Crippen molar-refractivity contribution in [2.75, 3.05) is 32.8 Å². The van der Waals surface area contributed by atoms with Gasteiger partial charge in [0.25, 0.3) is 0 Å². The number of nitrogens with zero attached hydrogens (tertiary/aromatic N) is 2. The van der Waals surface area contributed by atoms with Gasteiger partial charge in [0.2, 0.25) is 11.8 Å². The van der Waals surface area contributed by atoms with Gasteiger partial charge in [0.15, 0.2) is 0 Å². The number of rotatable bonds is 10. The lowest BCUT2D eigenvalue weighted by Gasteiger charge is -2.37. The molecule has 1 aliphatic rings. The van der Waals surface area contributed by atoms with E-state index in [1.807, 2.05) is 60.4 Å². The number of hydrogen-bond donors (Lipinski definition) is 0. The summed E-state index contributed by atoms with van der Waals surface area (Å²) < 4.78 is 5.47. The molecule has 2 amide bonds. The van der Waals surface area contributed by atoms with Crippen molar-refractivity contribution < 1.29 is 14.3 Å². The molecular weight excluding hydrogens is 456 g/mol. The zero-order valence-corrected chi connectivity index (χ0v) is 21.0. The van der Waals surface area contributed by atoms with Gasteiger partial charge in [0.1, 0.15) is 6.54 Å². The average molecular weight is 489 g/mol. The smallest absolute Gasteiger partial charge is 0.247 e. The molecule has 0 spiro atoms. The Hall–Kier alpha value is -3.22. The van der Waals surface area contributed by atoms with Gasteiger partial charge in [0, 0.05) is 37.3 Å². The van der Waals surface area contributed by atoms with Crippen molar-refractivity contribution in [1.29, 1.82) is 0 Å². The van der Waals surface area contributed by atoms with Crippen LogP contribution in [0.15, 0.2) is 78.2 Å². The maximum atomic E-state index is 13.7. The summed E-state index contributed by atoms with van der Waals surface area (Å²) in [6, 6.07) is 21.9. The standard InChI is InChI=1S/C29H32N2O3S/c1-2-34-20-9-18-30(27(32)15-14-23-10-5-3-6-11-23)22-28(33)31-19-16-26-25(17-21-35-26)29(31)24-12-7-4-8-13-24/h3-8,10-15,17,21,29H,2,9,16,18-20,22H2,1H3/b15-14+. The highest BCUT2D eigenvalue weighted by Crippen LogP contribution is 2.37. The normalized spacial score (nSPS) is 15.2. The SMILES string of the molecule is CCOCCCN(CC(=O)N1CCc2sccc2C1c1ccccc1)C(=O)/C=C/c1ccccc1. The van der Waals surface area contributed by atoms with Crippen molar-refractivity contribution in [2.24, 2.45) is 0 Å². The summed E-state index contributed by atoms with van der Waals surface area (Å²) in [6.07, 6.45) is 4.88. The highest BCUT2D eigenvalue weighted by molar-refractivity contribution is 7.10. The fourth-order valence-electron chi connectivity index (χ4n) is 4.44. The van der Waals surface area contributed by atoms with Crippen molar-refractivity contribution in [2.45, 2.75) is 25.8 Å². The van der Waals surface area contributed by atoms with Crippen molar-refractivity contribution >= 4 is 29.2 Å². The molecule has 0 bridgehead atoms. The van der Waals surface area contributed by atoms with Gasteiger partial charge in [-0.3, -0.25) is 9.59 Å². The molecule has 1 atom stereocenters. The molecule has 35 heavy (non-hydrogen) atoms. The number of benzene rings is 2. The Labute approximate surface area is 211 Å². The Bertz CT molecular complexity index is 1130. The van der Waals surface area contributed by atoms with E-state index in [2.05, 4.69) is 23.6 Å². The van der Waals surface area contributed by atoms with Crippen LogP contribution in [0.4, 0.5) is 0 Å². The summed E-state index contributed by atoms with van der Waals surface area (Å²) in [4.78, 5) is 31.7. The molecule has 4 rings (SSSR count). The van der Waals surface area contributed by atoms with Crippen LogP contribution in [0.5, 0.6) is 0 Å². The molecule has 0 fully saturated rings. The van der Waals surface area contributed by atoms with Crippen molar-refractivity contribution in [3.63, 3.8) is 0 Å². The number of carbonyl (C=O) groups excluding carboxylic acids is 2. The Morgan fingerprint density at radius 3 is 2.57 bits per heavy atom. The topological polar surface area (TPSA) is 49.9 Å². The number of amides is 2. The first-order chi connectivity index (χ1) is 17.2. The third kappa shape index (κ3) is 6.47. The lowest BCUT2D eigenvalue weighted by Crippen LogP contribution is -2.46. The number of hydrogen-bond acceptors (Lipinski definition) is 4. The van der Waals surface area contributed by atoms with Crippen LogP contribution in [0.25, 0.3) is 6.08 Å². The van der Waals surface area contributed by atoms with E-state index in [1.165, 1.54) is 10.4 Å². The Balaban J connectivity index is 1.52. The molecule has 2 aromatic carbocycles. The minimum Gasteiger partial charge on any atom is -0.382 e. The van der Waals surface area contributed by atoms with Gasteiger partial charge in [-0.15, -0.1) is 11.3 Å². The molecule has 6 heteroatoms. The van der Waals surface area contributed by atoms with E-state index < -0.39 is 0 Å². The lowest BCUT2D eigenvalue weighted by molar-refractivity contribution is -0.139. The van der Waals surface area contributed by atoms with E-state index in [0.29, 0.717) is 32.7 Å². The van der Waals surface area contributed by atoms with E-state index in [4.69, 9.17) is 4.74 Å². The van der Waals surface area contributed by atoms with Crippen LogP contribution >= 0.6 is 11.3 Å². The van der Waals surface area contributed by atoms with Gasteiger partial charge in [0.05, 0.1) is 6.04 Å². The highest BCUT2D eigenvalue weighted by atomic mass is 32.1. The van der Waals surface area contributed by atoms with Crippen LogP contribution < -0.4 is 0 Å². The first kappa shape index (κ1) is 24.9. The maximum absolute atomic E-state index is 13.7. The Morgan fingerprint density at radius 2 is 1.83 bits per heavy atom. The number of carbonyl (C=O) groups is 2. The molecule has 1 unspecified atom stereocenters. The Kier molecular flexibility index (Phi) is 8.87. The predicted octanol–water partition coefficient (Wildman–Crippen LogP) is 5.19. The van der Waals surface area contributed by atoms with E-state index in [0.717, 1.165) is 17.5 Å². The molecule has 3 aromatic rings. The average Bonchev–Trinajstić information content (AvgIpc) is 3.38. The summed E-state index contributed by atoms with van der Waals surface area (Å²) in [7, 11) is 0. The van der Waals surface area contributed by atoms with Gasteiger partial charge in [-0.25, -0.2) is 0 Å². The monoisotopic (exact) mass is 488 g/mol. The molecule has 2 heterocycles.